The second-order valence-electron chi connectivity index (χ2n) is 7.64. The Morgan fingerprint density at radius 3 is 2.29 bits per heavy atom. The number of halogens is 1. The summed E-state index contributed by atoms with van der Waals surface area (Å²) in [6, 6.07) is 8.77. The third-order valence-electron chi connectivity index (χ3n) is 5.65. The fourth-order valence-corrected chi connectivity index (χ4v) is 4.77. The summed E-state index contributed by atoms with van der Waals surface area (Å²) in [4.78, 5) is 2.52. The van der Waals surface area contributed by atoms with Crippen LogP contribution in [0.15, 0.2) is 28.7 Å². The molecule has 2 aromatic rings. The van der Waals surface area contributed by atoms with Crippen molar-refractivity contribution in [2.24, 2.45) is 0 Å². The van der Waals surface area contributed by atoms with Crippen LogP contribution < -0.4 is 4.74 Å². The molecule has 0 saturated heterocycles. The van der Waals surface area contributed by atoms with Gasteiger partial charge in [-0.3, -0.25) is 4.90 Å². The molecular formula is C21H24BrNO. The van der Waals surface area contributed by atoms with Crippen LogP contribution >= 0.6 is 15.9 Å². The molecule has 126 valence electrons. The predicted octanol–water partition coefficient (Wildman–Crippen LogP) is 5.08. The topological polar surface area (TPSA) is 12.5 Å². The van der Waals surface area contributed by atoms with E-state index in [9.17, 15) is 0 Å². The van der Waals surface area contributed by atoms with E-state index in [-0.39, 0.29) is 5.60 Å². The van der Waals surface area contributed by atoms with Gasteiger partial charge in [0.25, 0.3) is 0 Å². The van der Waals surface area contributed by atoms with Crippen LogP contribution in [0, 0.1) is 20.8 Å². The van der Waals surface area contributed by atoms with Gasteiger partial charge < -0.3 is 4.74 Å². The van der Waals surface area contributed by atoms with Gasteiger partial charge in [0.15, 0.2) is 0 Å². The number of hydrogen-bond donors (Lipinski definition) is 0. The Balaban J connectivity index is 1.58. The summed E-state index contributed by atoms with van der Waals surface area (Å²) in [5.74, 6) is 1.12. The predicted molar refractivity (Wildman–Crippen MR) is 102 cm³/mol. The molecule has 24 heavy (non-hydrogen) atoms. The smallest absolute Gasteiger partial charge is 0.127 e. The Morgan fingerprint density at radius 1 is 1.04 bits per heavy atom. The molecule has 1 unspecified atom stereocenters. The summed E-state index contributed by atoms with van der Waals surface area (Å²) >= 11 is 3.76. The van der Waals surface area contributed by atoms with Gasteiger partial charge in [0.05, 0.1) is 0 Å². The average Bonchev–Trinajstić information content (AvgIpc) is 3.11. The van der Waals surface area contributed by atoms with E-state index in [0.717, 1.165) is 31.8 Å². The quantitative estimate of drug-likeness (QED) is 0.714. The first kappa shape index (κ1) is 16.2. The number of nitrogens with zero attached hydrogens (tertiary/aromatic N) is 1. The van der Waals surface area contributed by atoms with E-state index in [4.69, 9.17) is 4.74 Å². The largest absolute Gasteiger partial charge is 0.485 e. The summed E-state index contributed by atoms with van der Waals surface area (Å²) in [6.07, 6.45) is 0.987. The highest BCUT2D eigenvalue weighted by molar-refractivity contribution is 9.10. The van der Waals surface area contributed by atoms with Gasteiger partial charge in [-0.25, -0.2) is 0 Å². The summed E-state index contributed by atoms with van der Waals surface area (Å²) in [5.41, 5.74) is 8.06. The highest BCUT2D eigenvalue weighted by Gasteiger charge is 2.40. The van der Waals surface area contributed by atoms with Crippen LogP contribution in [0.5, 0.6) is 5.75 Å². The molecular weight excluding hydrogens is 362 g/mol. The third-order valence-corrected chi connectivity index (χ3v) is 6.84. The van der Waals surface area contributed by atoms with Gasteiger partial charge in [-0.15, -0.1) is 0 Å². The lowest BCUT2D eigenvalue weighted by Gasteiger charge is -2.29. The van der Waals surface area contributed by atoms with E-state index in [1.165, 1.54) is 37.9 Å². The summed E-state index contributed by atoms with van der Waals surface area (Å²) < 4.78 is 7.78. The van der Waals surface area contributed by atoms with Crippen LogP contribution in [0.4, 0.5) is 0 Å². The van der Waals surface area contributed by atoms with Gasteiger partial charge in [-0.05, 0) is 55.5 Å². The minimum atomic E-state index is -0.146. The van der Waals surface area contributed by atoms with Crippen LogP contribution in [0.3, 0.4) is 0 Å². The Bertz CT molecular complexity index is 765. The lowest BCUT2D eigenvalue weighted by molar-refractivity contribution is 0.0615. The fourth-order valence-electron chi connectivity index (χ4n) is 4.23. The van der Waals surface area contributed by atoms with Crippen molar-refractivity contribution in [2.75, 3.05) is 6.54 Å². The van der Waals surface area contributed by atoms with Crippen molar-refractivity contribution in [1.82, 2.24) is 4.90 Å². The van der Waals surface area contributed by atoms with Crippen molar-refractivity contribution in [2.45, 2.75) is 52.8 Å². The number of rotatable bonds is 2. The minimum absolute atomic E-state index is 0.146. The van der Waals surface area contributed by atoms with Crippen LogP contribution in [0.25, 0.3) is 0 Å². The summed E-state index contributed by atoms with van der Waals surface area (Å²) in [5, 5.41) is 0. The molecule has 0 spiro atoms. The molecule has 1 atom stereocenters. The Morgan fingerprint density at radius 2 is 1.67 bits per heavy atom. The van der Waals surface area contributed by atoms with E-state index >= 15 is 0 Å². The van der Waals surface area contributed by atoms with E-state index < -0.39 is 0 Å². The molecule has 0 aliphatic carbocycles. The minimum Gasteiger partial charge on any atom is -0.485 e. The van der Waals surface area contributed by atoms with Crippen LogP contribution in [-0.2, 0) is 19.5 Å². The summed E-state index contributed by atoms with van der Waals surface area (Å²) in [7, 11) is 0. The fraction of sp³-hybridized carbons (Fsp3) is 0.429. The Hall–Kier alpha value is -1.32. The normalized spacial score (nSPS) is 22.4. The first-order valence-electron chi connectivity index (χ1n) is 8.64. The molecule has 2 aromatic carbocycles. The lowest BCUT2D eigenvalue weighted by atomic mass is 9.93. The maximum Gasteiger partial charge on any atom is 0.127 e. The van der Waals surface area contributed by atoms with E-state index in [1.54, 1.807) is 0 Å². The lowest BCUT2D eigenvalue weighted by Crippen LogP contribution is -2.42. The molecule has 0 fully saturated rings. The highest BCUT2D eigenvalue weighted by atomic mass is 79.9. The zero-order valence-electron chi connectivity index (χ0n) is 14.9. The maximum absolute atomic E-state index is 6.54. The first-order chi connectivity index (χ1) is 11.4. The SMILES string of the molecule is Cc1c(C)c2c(c(C)c1Br)CC(C)(CN1Cc3ccccc3C1)O2. The van der Waals surface area contributed by atoms with Crippen LogP contribution in [-0.4, -0.2) is 17.0 Å². The Kier molecular flexibility index (Phi) is 3.77. The molecule has 0 radical (unpaired) electrons. The molecule has 0 bridgehead atoms. The van der Waals surface area contributed by atoms with Crippen molar-refractivity contribution >= 4 is 15.9 Å². The summed E-state index contributed by atoms with van der Waals surface area (Å²) in [6.45, 7) is 11.8. The third kappa shape index (κ3) is 2.49. The zero-order chi connectivity index (χ0) is 17.1. The average molecular weight is 386 g/mol. The molecule has 0 aromatic heterocycles. The second-order valence-corrected chi connectivity index (χ2v) is 8.43. The second kappa shape index (κ2) is 5.60. The molecule has 2 aliphatic rings. The van der Waals surface area contributed by atoms with Crippen molar-refractivity contribution in [3.63, 3.8) is 0 Å². The van der Waals surface area contributed by atoms with Gasteiger partial charge in [-0.2, -0.15) is 0 Å². The monoisotopic (exact) mass is 385 g/mol. The van der Waals surface area contributed by atoms with Crippen LogP contribution in [0.2, 0.25) is 0 Å². The molecule has 0 amide bonds. The van der Waals surface area contributed by atoms with Crippen molar-refractivity contribution in [3.05, 3.63) is 62.1 Å². The molecule has 2 aliphatic heterocycles. The van der Waals surface area contributed by atoms with E-state index in [1.807, 2.05) is 0 Å². The number of fused-ring (bicyclic) bond motifs is 2. The van der Waals surface area contributed by atoms with Crippen LogP contribution in [0.1, 0.15) is 40.3 Å². The molecule has 2 heterocycles. The van der Waals surface area contributed by atoms with Gasteiger partial charge >= 0.3 is 0 Å². The molecule has 3 heteroatoms. The number of hydrogen-bond acceptors (Lipinski definition) is 2. The zero-order valence-corrected chi connectivity index (χ0v) is 16.5. The van der Waals surface area contributed by atoms with Gasteiger partial charge in [0, 0.05) is 36.1 Å². The van der Waals surface area contributed by atoms with Crippen molar-refractivity contribution in [3.8, 4) is 5.75 Å². The molecule has 0 saturated carbocycles. The highest BCUT2D eigenvalue weighted by Crippen LogP contribution is 2.44. The Labute approximate surface area is 153 Å². The number of benzene rings is 2. The molecule has 4 rings (SSSR count). The van der Waals surface area contributed by atoms with Crippen molar-refractivity contribution < 1.29 is 4.74 Å². The molecule has 2 nitrogen and oxygen atoms in total. The number of ether oxygens (including phenoxy) is 1. The van der Waals surface area contributed by atoms with Gasteiger partial charge in [0.2, 0.25) is 0 Å². The maximum atomic E-state index is 6.54. The molecule has 0 N–H and O–H groups in total. The van der Waals surface area contributed by atoms with Gasteiger partial charge in [-0.1, -0.05) is 40.2 Å². The van der Waals surface area contributed by atoms with Gasteiger partial charge in [0.1, 0.15) is 11.4 Å². The standard InChI is InChI=1S/C21H24BrNO/c1-13-14(2)20-18(15(3)19(13)22)9-21(4,24-20)12-23-10-16-7-5-6-8-17(16)11-23/h5-8H,9-12H2,1-4H3. The van der Waals surface area contributed by atoms with E-state index in [0.29, 0.717) is 0 Å². The first-order valence-corrected chi connectivity index (χ1v) is 9.43. The van der Waals surface area contributed by atoms with Crippen molar-refractivity contribution in [1.29, 1.82) is 0 Å². The van der Waals surface area contributed by atoms with E-state index in [2.05, 4.69) is 72.8 Å².